The molecule has 0 spiro atoms. The SMILES string of the molecule is Cn1cc(C2CN=C3C(Nc4cccnc4)=NC=CN32)cn1. The number of aryl methyl sites for hydroxylation is 1. The average molecular weight is 293 g/mol. The molecule has 2 aromatic rings. The van der Waals surface area contributed by atoms with E-state index >= 15 is 0 Å². The van der Waals surface area contributed by atoms with Crippen LogP contribution in [0.15, 0.2) is 59.3 Å². The van der Waals surface area contributed by atoms with Gasteiger partial charge in [-0.3, -0.25) is 14.7 Å². The van der Waals surface area contributed by atoms with Gasteiger partial charge in [0.15, 0.2) is 11.7 Å². The van der Waals surface area contributed by atoms with E-state index in [1.165, 1.54) is 0 Å². The fourth-order valence-electron chi connectivity index (χ4n) is 2.64. The minimum atomic E-state index is 0.168. The van der Waals surface area contributed by atoms with E-state index in [1.54, 1.807) is 18.6 Å². The number of aromatic nitrogens is 3. The van der Waals surface area contributed by atoms with Crippen molar-refractivity contribution in [2.45, 2.75) is 6.04 Å². The van der Waals surface area contributed by atoms with E-state index in [0.717, 1.165) is 22.9 Å². The summed E-state index contributed by atoms with van der Waals surface area (Å²) < 4.78 is 1.81. The van der Waals surface area contributed by atoms with Crippen molar-refractivity contribution in [1.82, 2.24) is 19.7 Å². The van der Waals surface area contributed by atoms with Gasteiger partial charge in [0.05, 0.1) is 30.7 Å². The molecule has 0 aliphatic carbocycles. The van der Waals surface area contributed by atoms with Crippen molar-refractivity contribution in [1.29, 1.82) is 0 Å². The molecule has 0 radical (unpaired) electrons. The van der Waals surface area contributed by atoms with Crippen molar-refractivity contribution < 1.29 is 0 Å². The van der Waals surface area contributed by atoms with Gasteiger partial charge in [-0.1, -0.05) is 0 Å². The molecule has 2 aliphatic rings. The largest absolute Gasteiger partial charge is 0.336 e. The van der Waals surface area contributed by atoms with Gasteiger partial charge in [-0.25, -0.2) is 4.99 Å². The van der Waals surface area contributed by atoms with Crippen LogP contribution >= 0.6 is 0 Å². The summed E-state index contributed by atoms with van der Waals surface area (Å²) in [5.41, 5.74) is 2.04. The molecular formula is C15H15N7. The smallest absolute Gasteiger partial charge is 0.173 e. The summed E-state index contributed by atoms with van der Waals surface area (Å²) in [6.07, 6.45) is 11.2. The summed E-state index contributed by atoms with van der Waals surface area (Å²) in [6, 6.07) is 4.00. The maximum Gasteiger partial charge on any atom is 0.173 e. The first-order valence-corrected chi connectivity index (χ1v) is 7.04. The number of amidine groups is 2. The highest BCUT2D eigenvalue weighted by Crippen LogP contribution is 2.28. The molecule has 4 rings (SSSR count). The Balaban J connectivity index is 1.58. The Morgan fingerprint density at radius 1 is 1.32 bits per heavy atom. The van der Waals surface area contributed by atoms with Crippen molar-refractivity contribution in [2.75, 3.05) is 11.9 Å². The van der Waals surface area contributed by atoms with Gasteiger partial charge in [-0.15, -0.1) is 0 Å². The van der Waals surface area contributed by atoms with Crippen molar-refractivity contribution in [3.8, 4) is 0 Å². The summed E-state index contributed by atoms with van der Waals surface area (Å²) in [5, 5.41) is 7.52. The third-order valence-corrected chi connectivity index (χ3v) is 3.67. The summed E-state index contributed by atoms with van der Waals surface area (Å²) in [4.78, 5) is 15.3. The van der Waals surface area contributed by atoms with E-state index in [-0.39, 0.29) is 6.04 Å². The lowest BCUT2D eigenvalue weighted by molar-refractivity contribution is 0.458. The molecule has 0 bridgehead atoms. The van der Waals surface area contributed by atoms with Crippen LogP contribution in [0, 0.1) is 0 Å². The van der Waals surface area contributed by atoms with Gasteiger partial charge in [0, 0.05) is 37.4 Å². The van der Waals surface area contributed by atoms with Crippen LogP contribution < -0.4 is 5.32 Å². The van der Waals surface area contributed by atoms with Gasteiger partial charge >= 0.3 is 0 Å². The molecule has 1 unspecified atom stereocenters. The lowest BCUT2D eigenvalue weighted by Crippen LogP contribution is -2.37. The molecule has 0 saturated carbocycles. The minimum absolute atomic E-state index is 0.168. The average Bonchev–Trinajstić information content (AvgIpc) is 3.15. The Morgan fingerprint density at radius 2 is 2.27 bits per heavy atom. The zero-order valence-electron chi connectivity index (χ0n) is 12.1. The second kappa shape index (κ2) is 5.10. The lowest BCUT2D eigenvalue weighted by atomic mass is 10.1. The van der Waals surface area contributed by atoms with Crippen molar-refractivity contribution in [2.24, 2.45) is 17.0 Å². The highest BCUT2D eigenvalue weighted by Gasteiger charge is 2.32. The number of rotatable bonds is 2. The molecular weight excluding hydrogens is 278 g/mol. The molecule has 1 atom stereocenters. The van der Waals surface area contributed by atoms with Crippen LogP contribution in [-0.2, 0) is 7.05 Å². The Labute approximate surface area is 127 Å². The molecule has 22 heavy (non-hydrogen) atoms. The van der Waals surface area contributed by atoms with Gasteiger partial charge in [0.1, 0.15) is 0 Å². The maximum atomic E-state index is 4.64. The highest BCUT2D eigenvalue weighted by atomic mass is 15.3. The van der Waals surface area contributed by atoms with Crippen LogP contribution in [0.1, 0.15) is 11.6 Å². The first-order valence-electron chi connectivity index (χ1n) is 7.04. The molecule has 2 aromatic heterocycles. The Bertz CT molecular complexity index is 772. The van der Waals surface area contributed by atoms with Crippen LogP contribution in [0.3, 0.4) is 0 Å². The van der Waals surface area contributed by atoms with Crippen LogP contribution in [0.4, 0.5) is 5.69 Å². The molecule has 1 N–H and O–H groups in total. The number of nitrogens with zero attached hydrogens (tertiary/aromatic N) is 6. The fourth-order valence-corrected chi connectivity index (χ4v) is 2.64. The normalized spacial score (nSPS) is 19.7. The van der Waals surface area contributed by atoms with Crippen molar-refractivity contribution in [3.05, 3.63) is 54.9 Å². The zero-order valence-corrected chi connectivity index (χ0v) is 12.1. The van der Waals surface area contributed by atoms with Crippen LogP contribution in [0.2, 0.25) is 0 Å². The Morgan fingerprint density at radius 3 is 3.05 bits per heavy atom. The third kappa shape index (κ3) is 2.16. The molecule has 4 heterocycles. The number of nitrogens with one attached hydrogen (secondary N) is 1. The van der Waals surface area contributed by atoms with E-state index in [1.807, 2.05) is 42.5 Å². The second-order valence-corrected chi connectivity index (χ2v) is 5.18. The minimum Gasteiger partial charge on any atom is -0.336 e. The summed E-state index contributed by atoms with van der Waals surface area (Å²) in [5.74, 6) is 1.59. The molecule has 0 amide bonds. The first kappa shape index (κ1) is 12.8. The number of fused-ring (bicyclic) bond motifs is 1. The predicted octanol–water partition coefficient (Wildman–Crippen LogP) is 1.57. The molecule has 0 aromatic carbocycles. The van der Waals surface area contributed by atoms with Crippen LogP contribution in [0.5, 0.6) is 0 Å². The summed E-state index contributed by atoms with van der Waals surface area (Å²) >= 11 is 0. The van der Waals surface area contributed by atoms with E-state index in [0.29, 0.717) is 6.54 Å². The predicted molar refractivity (Wildman–Crippen MR) is 84.5 cm³/mol. The number of hydrogen-bond acceptors (Lipinski definition) is 6. The molecule has 0 saturated heterocycles. The Hall–Kier alpha value is -2.96. The van der Waals surface area contributed by atoms with Crippen molar-refractivity contribution in [3.63, 3.8) is 0 Å². The standard InChI is InChI=1S/C15H15N7/c1-21-10-11(7-19-21)13-9-18-15-14(17-5-6-22(13)15)20-12-3-2-4-16-8-12/h2-8,10,13H,9H2,1H3,(H,17,20). The summed E-state index contributed by atoms with van der Waals surface area (Å²) in [6.45, 7) is 0.694. The van der Waals surface area contributed by atoms with Gasteiger partial charge < -0.3 is 10.2 Å². The first-order chi connectivity index (χ1) is 10.8. The molecule has 110 valence electrons. The third-order valence-electron chi connectivity index (χ3n) is 3.67. The van der Waals surface area contributed by atoms with Gasteiger partial charge in [0.25, 0.3) is 0 Å². The number of pyridine rings is 1. The number of anilines is 1. The number of aliphatic imine (C=N–C) groups is 2. The molecule has 2 aliphatic heterocycles. The van der Waals surface area contributed by atoms with Crippen molar-refractivity contribution >= 4 is 17.4 Å². The van der Waals surface area contributed by atoms with E-state index in [4.69, 9.17) is 0 Å². The molecule has 7 nitrogen and oxygen atoms in total. The second-order valence-electron chi connectivity index (χ2n) is 5.18. The van der Waals surface area contributed by atoms with E-state index in [2.05, 4.69) is 30.3 Å². The van der Waals surface area contributed by atoms with Crippen LogP contribution in [-0.4, -0.2) is 37.9 Å². The molecule has 0 fully saturated rings. The fraction of sp³-hybridized carbons (Fsp3) is 0.200. The van der Waals surface area contributed by atoms with E-state index in [9.17, 15) is 0 Å². The van der Waals surface area contributed by atoms with Gasteiger partial charge in [-0.05, 0) is 12.1 Å². The summed E-state index contributed by atoms with van der Waals surface area (Å²) in [7, 11) is 1.92. The zero-order chi connectivity index (χ0) is 14.9. The Kier molecular flexibility index (Phi) is 2.96. The molecule has 7 heteroatoms. The van der Waals surface area contributed by atoms with E-state index < -0.39 is 0 Å². The van der Waals surface area contributed by atoms with Gasteiger partial charge in [-0.2, -0.15) is 5.10 Å². The van der Waals surface area contributed by atoms with Crippen LogP contribution in [0.25, 0.3) is 0 Å². The number of hydrogen-bond donors (Lipinski definition) is 1. The quantitative estimate of drug-likeness (QED) is 0.912. The maximum absolute atomic E-state index is 4.64. The highest BCUT2D eigenvalue weighted by molar-refractivity contribution is 6.45. The van der Waals surface area contributed by atoms with Gasteiger partial charge in [0.2, 0.25) is 0 Å². The topological polar surface area (TPSA) is 70.7 Å². The monoisotopic (exact) mass is 293 g/mol. The lowest BCUT2D eigenvalue weighted by Gasteiger charge is -2.26.